The average molecular weight is 366 g/mol. The maximum Gasteiger partial charge on any atom is 0.237 e. The Bertz CT molecular complexity index is 696. The largest absolute Gasteiger partial charge is 0.354 e. The number of carbonyl (C=O) groups excluding carboxylic acids is 1. The van der Waals surface area contributed by atoms with Crippen LogP contribution in [0.2, 0.25) is 0 Å². The number of benzene rings is 2. The molecule has 0 saturated carbocycles. The van der Waals surface area contributed by atoms with E-state index in [2.05, 4.69) is 64.5 Å². The van der Waals surface area contributed by atoms with Crippen molar-refractivity contribution in [2.75, 3.05) is 32.7 Å². The van der Waals surface area contributed by atoms with Gasteiger partial charge in [0.1, 0.15) is 0 Å². The maximum atomic E-state index is 12.6. The van der Waals surface area contributed by atoms with Crippen LogP contribution >= 0.6 is 0 Å². The van der Waals surface area contributed by atoms with Crippen molar-refractivity contribution in [3.63, 3.8) is 0 Å². The standard InChI is InChI=1S/C23H31N3O/c1-19(22-11-7-4-8-12-22)17-24-23(27)20(2)26-15-13-25(14-16-26)18-21-9-5-3-6-10-21/h3-12,19-20H,13-18H2,1-2H3,(H,24,27). The zero-order chi connectivity index (χ0) is 19.1. The lowest BCUT2D eigenvalue weighted by molar-refractivity contribution is -0.126. The topological polar surface area (TPSA) is 35.6 Å². The van der Waals surface area contributed by atoms with Crippen molar-refractivity contribution < 1.29 is 4.79 Å². The molecule has 4 nitrogen and oxygen atoms in total. The Morgan fingerprint density at radius 3 is 2.15 bits per heavy atom. The molecule has 3 rings (SSSR count). The summed E-state index contributed by atoms with van der Waals surface area (Å²) in [6.07, 6.45) is 0. The summed E-state index contributed by atoms with van der Waals surface area (Å²) < 4.78 is 0. The lowest BCUT2D eigenvalue weighted by atomic mass is 10.0. The van der Waals surface area contributed by atoms with Gasteiger partial charge in [0.05, 0.1) is 6.04 Å². The highest BCUT2D eigenvalue weighted by atomic mass is 16.2. The molecule has 0 radical (unpaired) electrons. The molecule has 1 fully saturated rings. The number of carbonyl (C=O) groups is 1. The van der Waals surface area contributed by atoms with Crippen LogP contribution in [0.15, 0.2) is 60.7 Å². The SMILES string of the molecule is CC(CNC(=O)C(C)N1CCN(Cc2ccccc2)CC1)c1ccccc1. The molecule has 0 aliphatic carbocycles. The van der Waals surface area contributed by atoms with E-state index in [0.29, 0.717) is 12.5 Å². The van der Waals surface area contributed by atoms with Gasteiger partial charge in [-0.25, -0.2) is 0 Å². The summed E-state index contributed by atoms with van der Waals surface area (Å²) in [7, 11) is 0. The van der Waals surface area contributed by atoms with Crippen LogP contribution in [0.4, 0.5) is 0 Å². The van der Waals surface area contributed by atoms with Crippen molar-refractivity contribution in [3.8, 4) is 0 Å². The van der Waals surface area contributed by atoms with Gasteiger partial charge in [-0.15, -0.1) is 0 Å². The summed E-state index contributed by atoms with van der Waals surface area (Å²) in [5.74, 6) is 0.458. The van der Waals surface area contributed by atoms with Crippen molar-refractivity contribution in [2.24, 2.45) is 0 Å². The smallest absolute Gasteiger partial charge is 0.237 e. The van der Waals surface area contributed by atoms with Gasteiger partial charge in [-0.3, -0.25) is 14.6 Å². The van der Waals surface area contributed by atoms with Crippen molar-refractivity contribution in [1.82, 2.24) is 15.1 Å². The number of piperazine rings is 1. The zero-order valence-corrected chi connectivity index (χ0v) is 16.5. The summed E-state index contributed by atoms with van der Waals surface area (Å²) in [6, 6.07) is 20.9. The van der Waals surface area contributed by atoms with Gasteiger partial charge in [-0.05, 0) is 24.0 Å². The first kappa shape index (κ1) is 19.6. The number of hydrogen-bond donors (Lipinski definition) is 1. The lowest BCUT2D eigenvalue weighted by Gasteiger charge is -2.37. The van der Waals surface area contributed by atoms with Crippen molar-refractivity contribution in [3.05, 3.63) is 71.8 Å². The molecule has 1 aliphatic rings. The number of hydrogen-bond acceptors (Lipinski definition) is 3. The summed E-state index contributed by atoms with van der Waals surface area (Å²) in [5, 5.41) is 3.13. The summed E-state index contributed by atoms with van der Waals surface area (Å²) in [6.45, 7) is 9.74. The minimum absolute atomic E-state index is 0.0770. The molecule has 2 atom stereocenters. The molecule has 1 saturated heterocycles. The van der Waals surface area contributed by atoms with E-state index in [-0.39, 0.29) is 11.9 Å². The highest BCUT2D eigenvalue weighted by molar-refractivity contribution is 5.81. The van der Waals surface area contributed by atoms with E-state index in [0.717, 1.165) is 32.7 Å². The summed E-state index contributed by atoms with van der Waals surface area (Å²) in [5.41, 5.74) is 2.62. The van der Waals surface area contributed by atoms with Crippen molar-refractivity contribution in [1.29, 1.82) is 0 Å². The number of nitrogens with one attached hydrogen (secondary N) is 1. The fourth-order valence-electron chi connectivity index (χ4n) is 3.62. The van der Waals surface area contributed by atoms with Gasteiger partial charge in [0.25, 0.3) is 0 Å². The second kappa shape index (κ2) is 9.67. The first-order valence-electron chi connectivity index (χ1n) is 9.96. The number of amides is 1. The Hall–Kier alpha value is -2.17. The third-order valence-electron chi connectivity index (χ3n) is 5.53. The van der Waals surface area contributed by atoms with E-state index in [4.69, 9.17) is 0 Å². The molecular formula is C23H31N3O. The quantitative estimate of drug-likeness (QED) is 0.819. The van der Waals surface area contributed by atoms with Crippen molar-refractivity contribution in [2.45, 2.75) is 32.4 Å². The first-order valence-corrected chi connectivity index (χ1v) is 9.96. The molecule has 0 spiro atoms. The molecule has 144 valence electrons. The van der Waals surface area contributed by atoms with Crippen LogP contribution in [0, 0.1) is 0 Å². The van der Waals surface area contributed by atoms with Gasteiger partial charge >= 0.3 is 0 Å². The minimum atomic E-state index is -0.0770. The normalized spacial score (nSPS) is 18.0. The van der Waals surface area contributed by atoms with E-state index in [1.54, 1.807) is 0 Å². The predicted octanol–water partition coefficient (Wildman–Crippen LogP) is 3.11. The van der Waals surface area contributed by atoms with Crippen LogP contribution in [0.3, 0.4) is 0 Å². The molecule has 1 amide bonds. The molecule has 1 aliphatic heterocycles. The summed E-state index contributed by atoms with van der Waals surface area (Å²) in [4.78, 5) is 17.3. The number of rotatable bonds is 7. The van der Waals surface area contributed by atoms with Gasteiger partial charge < -0.3 is 5.32 Å². The fourth-order valence-corrected chi connectivity index (χ4v) is 3.62. The molecule has 2 aromatic carbocycles. The fraction of sp³-hybridized carbons (Fsp3) is 0.435. The third-order valence-corrected chi connectivity index (χ3v) is 5.53. The first-order chi connectivity index (χ1) is 13.1. The third kappa shape index (κ3) is 5.65. The Balaban J connectivity index is 1.41. The van der Waals surface area contributed by atoms with Crippen LogP contribution in [0.1, 0.15) is 30.9 Å². The predicted molar refractivity (Wildman–Crippen MR) is 111 cm³/mol. The van der Waals surface area contributed by atoms with Crippen LogP contribution in [-0.2, 0) is 11.3 Å². The van der Waals surface area contributed by atoms with Gasteiger partial charge in [-0.2, -0.15) is 0 Å². The monoisotopic (exact) mass is 365 g/mol. The Labute approximate surface area is 163 Å². The van der Waals surface area contributed by atoms with Crippen LogP contribution < -0.4 is 5.32 Å². The van der Waals surface area contributed by atoms with Crippen LogP contribution in [0.5, 0.6) is 0 Å². The Morgan fingerprint density at radius 1 is 0.926 bits per heavy atom. The Kier molecular flexibility index (Phi) is 7.02. The molecular weight excluding hydrogens is 334 g/mol. The summed E-state index contributed by atoms with van der Waals surface area (Å²) >= 11 is 0. The van der Waals surface area contributed by atoms with Crippen LogP contribution in [0.25, 0.3) is 0 Å². The molecule has 0 bridgehead atoms. The zero-order valence-electron chi connectivity index (χ0n) is 16.5. The van der Waals surface area contributed by atoms with Gasteiger partial charge in [0, 0.05) is 39.3 Å². The molecule has 2 aromatic rings. The van der Waals surface area contributed by atoms with E-state index >= 15 is 0 Å². The molecule has 0 aromatic heterocycles. The molecule has 1 N–H and O–H groups in total. The molecule has 4 heteroatoms. The second-order valence-corrected chi connectivity index (χ2v) is 7.53. The Morgan fingerprint density at radius 2 is 1.52 bits per heavy atom. The van der Waals surface area contributed by atoms with E-state index in [1.807, 2.05) is 25.1 Å². The average Bonchev–Trinajstić information content (AvgIpc) is 2.73. The van der Waals surface area contributed by atoms with Gasteiger partial charge in [0.15, 0.2) is 0 Å². The number of nitrogens with zero attached hydrogens (tertiary/aromatic N) is 2. The molecule has 2 unspecified atom stereocenters. The molecule has 1 heterocycles. The van der Waals surface area contributed by atoms with E-state index < -0.39 is 0 Å². The van der Waals surface area contributed by atoms with Crippen LogP contribution in [-0.4, -0.2) is 54.5 Å². The highest BCUT2D eigenvalue weighted by Crippen LogP contribution is 2.14. The van der Waals surface area contributed by atoms with Crippen molar-refractivity contribution >= 4 is 5.91 Å². The van der Waals surface area contributed by atoms with Gasteiger partial charge in [0.2, 0.25) is 5.91 Å². The minimum Gasteiger partial charge on any atom is -0.354 e. The highest BCUT2D eigenvalue weighted by Gasteiger charge is 2.25. The van der Waals surface area contributed by atoms with Gasteiger partial charge in [-0.1, -0.05) is 67.6 Å². The van der Waals surface area contributed by atoms with E-state index in [9.17, 15) is 4.79 Å². The molecule has 27 heavy (non-hydrogen) atoms. The second-order valence-electron chi connectivity index (χ2n) is 7.53. The van der Waals surface area contributed by atoms with E-state index in [1.165, 1.54) is 11.1 Å². The maximum absolute atomic E-state index is 12.6. The lowest BCUT2D eigenvalue weighted by Crippen LogP contribution is -2.53.